The van der Waals surface area contributed by atoms with Crippen LogP contribution < -0.4 is 11.1 Å². The molecule has 8 heteroatoms. The van der Waals surface area contributed by atoms with E-state index in [1.165, 1.54) is 23.3 Å². The Kier molecular flexibility index (Phi) is 6.32. The van der Waals surface area contributed by atoms with Crippen LogP contribution in [0.4, 0.5) is 5.82 Å². The van der Waals surface area contributed by atoms with Crippen molar-refractivity contribution >= 4 is 45.0 Å². The minimum absolute atomic E-state index is 0.0723. The Morgan fingerprint density at radius 1 is 1.21 bits per heavy atom. The number of benzene rings is 1. The number of carbonyl (C=O) groups excluding carboxylic acids is 1. The summed E-state index contributed by atoms with van der Waals surface area (Å²) in [6.45, 7) is 0.545. The summed E-state index contributed by atoms with van der Waals surface area (Å²) in [4.78, 5) is 23.7. The summed E-state index contributed by atoms with van der Waals surface area (Å²) >= 11 is 3.31. The first-order valence-electron chi connectivity index (χ1n) is 9.84. The topological polar surface area (TPSA) is 101 Å². The zero-order valence-electron chi connectivity index (χ0n) is 16.1. The van der Waals surface area contributed by atoms with Gasteiger partial charge in [0, 0.05) is 29.3 Å². The van der Waals surface area contributed by atoms with Crippen LogP contribution in [-0.2, 0) is 18.6 Å². The van der Waals surface area contributed by atoms with Gasteiger partial charge in [0.1, 0.15) is 10.6 Å². The van der Waals surface area contributed by atoms with Crippen molar-refractivity contribution in [2.45, 2.75) is 43.0 Å². The average molecular weight is 429 g/mol. The standard InChI is InChI=1S/C21H24N4O2S2/c22-18-17-15-4-1-2-5-16(15)29-20(17)25-21(24-18)28-12-13-6-8-14(9-7-13)19(27)23-10-3-11-26/h6-9,26H,1-5,10-12H2,(H,23,27)(H2,22,24,25). The summed E-state index contributed by atoms with van der Waals surface area (Å²) in [5.74, 6) is 1.18. The van der Waals surface area contributed by atoms with E-state index in [1.54, 1.807) is 23.1 Å². The van der Waals surface area contributed by atoms with Crippen LogP contribution in [0.5, 0.6) is 0 Å². The molecule has 0 atom stereocenters. The maximum atomic E-state index is 12.0. The molecule has 0 fully saturated rings. The summed E-state index contributed by atoms with van der Waals surface area (Å²) in [7, 11) is 0. The van der Waals surface area contributed by atoms with E-state index in [9.17, 15) is 4.79 Å². The van der Waals surface area contributed by atoms with Crippen LogP contribution in [0.25, 0.3) is 10.2 Å². The van der Waals surface area contributed by atoms with Gasteiger partial charge >= 0.3 is 0 Å². The van der Waals surface area contributed by atoms with Gasteiger partial charge in [-0.3, -0.25) is 4.79 Å². The normalized spacial score (nSPS) is 13.4. The minimum Gasteiger partial charge on any atom is -0.396 e. The zero-order chi connectivity index (χ0) is 20.2. The fraction of sp³-hybridized carbons (Fsp3) is 0.381. The third kappa shape index (κ3) is 4.55. The van der Waals surface area contributed by atoms with E-state index in [4.69, 9.17) is 15.8 Å². The number of hydrogen-bond acceptors (Lipinski definition) is 7. The van der Waals surface area contributed by atoms with E-state index in [0.29, 0.717) is 35.3 Å². The second-order valence-electron chi connectivity index (χ2n) is 7.10. The Morgan fingerprint density at radius 3 is 2.79 bits per heavy atom. The second-order valence-corrected chi connectivity index (χ2v) is 9.13. The summed E-state index contributed by atoms with van der Waals surface area (Å²) in [5, 5.41) is 13.3. The number of aliphatic hydroxyl groups is 1. The molecule has 0 aliphatic heterocycles. The van der Waals surface area contributed by atoms with Gasteiger partial charge in [-0.2, -0.15) is 0 Å². The van der Waals surface area contributed by atoms with Gasteiger partial charge in [-0.1, -0.05) is 23.9 Å². The lowest BCUT2D eigenvalue weighted by Gasteiger charge is -2.10. The number of aliphatic hydroxyl groups excluding tert-OH is 1. The summed E-state index contributed by atoms with van der Waals surface area (Å²) in [5.41, 5.74) is 9.35. The highest BCUT2D eigenvalue weighted by molar-refractivity contribution is 7.98. The van der Waals surface area contributed by atoms with Gasteiger partial charge in [0.2, 0.25) is 0 Å². The quantitative estimate of drug-likeness (QED) is 0.302. The number of anilines is 1. The first kappa shape index (κ1) is 20.1. The number of rotatable bonds is 7. The van der Waals surface area contributed by atoms with Gasteiger partial charge in [-0.25, -0.2) is 9.97 Å². The fourth-order valence-corrected chi connectivity index (χ4v) is 5.65. The van der Waals surface area contributed by atoms with Crippen molar-refractivity contribution < 1.29 is 9.90 Å². The minimum atomic E-state index is -0.124. The number of nitrogens with one attached hydrogen (secondary N) is 1. The van der Waals surface area contributed by atoms with E-state index in [0.717, 1.165) is 28.6 Å². The summed E-state index contributed by atoms with van der Waals surface area (Å²) in [6, 6.07) is 7.52. The highest BCUT2D eigenvalue weighted by Crippen LogP contribution is 2.38. The molecule has 0 radical (unpaired) electrons. The molecule has 0 saturated heterocycles. The van der Waals surface area contributed by atoms with Gasteiger partial charge in [-0.05, 0) is 55.4 Å². The molecule has 2 heterocycles. The molecule has 0 spiro atoms. The van der Waals surface area contributed by atoms with Gasteiger partial charge in [0.05, 0.1) is 5.39 Å². The maximum Gasteiger partial charge on any atom is 0.251 e. The molecular weight excluding hydrogens is 404 g/mol. The molecule has 3 aromatic rings. The molecule has 1 aromatic carbocycles. The second kappa shape index (κ2) is 9.11. The van der Waals surface area contributed by atoms with E-state index in [-0.39, 0.29) is 12.5 Å². The Bertz CT molecular complexity index is 1020. The van der Waals surface area contributed by atoms with Gasteiger partial charge in [-0.15, -0.1) is 11.3 Å². The molecule has 1 aliphatic carbocycles. The number of aryl methyl sites for hydroxylation is 2. The molecule has 2 aromatic heterocycles. The predicted molar refractivity (Wildman–Crippen MR) is 119 cm³/mol. The summed E-state index contributed by atoms with van der Waals surface area (Å²) in [6.07, 6.45) is 5.21. The number of amides is 1. The van der Waals surface area contributed by atoms with Crippen LogP contribution in [0.1, 0.15) is 45.6 Å². The third-order valence-electron chi connectivity index (χ3n) is 5.03. The molecule has 0 unspecified atom stereocenters. The number of nitrogen functional groups attached to an aromatic ring is 1. The maximum absolute atomic E-state index is 12.0. The molecular formula is C21H24N4O2S2. The number of nitrogens with two attached hydrogens (primary N) is 1. The van der Waals surface area contributed by atoms with Crippen molar-refractivity contribution in [3.8, 4) is 0 Å². The molecule has 6 nitrogen and oxygen atoms in total. The average Bonchev–Trinajstić information content (AvgIpc) is 3.11. The van der Waals surface area contributed by atoms with Crippen LogP contribution in [0, 0.1) is 0 Å². The lowest BCUT2D eigenvalue weighted by Crippen LogP contribution is -2.24. The highest BCUT2D eigenvalue weighted by atomic mass is 32.2. The van der Waals surface area contributed by atoms with Crippen LogP contribution in [0.2, 0.25) is 0 Å². The number of nitrogens with zero attached hydrogens (tertiary/aromatic N) is 2. The first-order chi connectivity index (χ1) is 14.2. The van der Waals surface area contributed by atoms with Crippen LogP contribution >= 0.6 is 23.1 Å². The number of carbonyl (C=O) groups is 1. The van der Waals surface area contributed by atoms with Crippen LogP contribution in [0.3, 0.4) is 0 Å². The van der Waals surface area contributed by atoms with Crippen molar-refractivity contribution in [3.63, 3.8) is 0 Å². The van der Waals surface area contributed by atoms with Gasteiger partial charge in [0.15, 0.2) is 5.16 Å². The van der Waals surface area contributed by atoms with Crippen LogP contribution in [0.15, 0.2) is 29.4 Å². The molecule has 29 heavy (non-hydrogen) atoms. The van der Waals surface area contributed by atoms with Crippen molar-refractivity contribution in [2.75, 3.05) is 18.9 Å². The number of thioether (sulfide) groups is 1. The molecule has 0 bridgehead atoms. The van der Waals surface area contributed by atoms with Crippen molar-refractivity contribution in [1.82, 2.24) is 15.3 Å². The SMILES string of the molecule is Nc1nc(SCc2ccc(C(=O)NCCCO)cc2)nc2sc3c(c12)CCCC3. The number of aromatic nitrogens is 2. The first-order valence-corrected chi connectivity index (χ1v) is 11.6. The Balaban J connectivity index is 1.42. The monoisotopic (exact) mass is 428 g/mol. The van der Waals surface area contributed by atoms with Crippen LogP contribution in [-0.4, -0.2) is 34.1 Å². The summed E-state index contributed by atoms with van der Waals surface area (Å²) < 4.78 is 0. The smallest absolute Gasteiger partial charge is 0.251 e. The highest BCUT2D eigenvalue weighted by Gasteiger charge is 2.20. The lowest BCUT2D eigenvalue weighted by atomic mass is 9.97. The van der Waals surface area contributed by atoms with Crippen molar-refractivity contribution in [1.29, 1.82) is 0 Å². The molecule has 152 valence electrons. The number of fused-ring (bicyclic) bond motifs is 3. The number of thiophene rings is 1. The molecule has 4 rings (SSSR count). The predicted octanol–water partition coefficient (Wildman–Crippen LogP) is 3.56. The largest absolute Gasteiger partial charge is 0.396 e. The molecule has 1 amide bonds. The van der Waals surface area contributed by atoms with E-state index in [2.05, 4.69) is 10.3 Å². The number of hydrogen-bond donors (Lipinski definition) is 3. The van der Waals surface area contributed by atoms with E-state index >= 15 is 0 Å². The molecule has 1 aliphatic rings. The van der Waals surface area contributed by atoms with E-state index in [1.807, 2.05) is 24.3 Å². The van der Waals surface area contributed by atoms with Gasteiger partial charge < -0.3 is 16.2 Å². The Labute approximate surface area is 177 Å². The zero-order valence-corrected chi connectivity index (χ0v) is 17.7. The molecule has 0 saturated carbocycles. The Morgan fingerprint density at radius 2 is 2.00 bits per heavy atom. The van der Waals surface area contributed by atoms with E-state index < -0.39 is 0 Å². The van der Waals surface area contributed by atoms with Crippen molar-refractivity contribution in [3.05, 3.63) is 45.8 Å². The molecule has 4 N–H and O–H groups in total. The van der Waals surface area contributed by atoms with Gasteiger partial charge in [0.25, 0.3) is 5.91 Å². The third-order valence-corrected chi connectivity index (χ3v) is 7.13. The van der Waals surface area contributed by atoms with Crippen molar-refractivity contribution in [2.24, 2.45) is 0 Å². The lowest BCUT2D eigenvalue weighted by molar-refractivity contribution is 0.0951. The Hall–Kier alpha value is -2.16. The fourth-order valence-electron chi connectivity index (χ4n) is 3.51.